The van der Waals surface area contributed by atoms with Gasteiger partial charge in [0.05, 0.1) is 24.2 Å². The van der Waals surface area contributed by atoms with Crippen LogP contribution in [0, 0.1) is 0 Å². The van der Waals surface area contributed by atoms with E-state index in [9.17, 15) is 18.0 Å². The summed E-state index contributed by atoms with van der Waals surface area (Å²) in [5, 5.41) is 13.6. The molecule has 3 aromatic rings. The summed E-state index contributed by atoms with van der Waals surface area (Å²) in [6, 6.07) is 4.85. The third-order valence-corrected chi connectivity index (χ3v) is 5.92. The molecule has 0 bridgehead atoms. The predicted octanol–water partition coefficient (Wildman–Crippen LogP) is 4.01. The maximum Gasteiger partial charge on any atom is 0.416 e. The molecule has 10 heteroatoms. The normalized spacial score (nSPS) is 14.2. The van der Waals surface area contributed by atoms with Crippen molar-refractivity contribution < 1.29 is 18.0 Å². The fraction of sp³-hybridized carbons (Fsp3) is 0.400. The minimum atomic E-state index is -4.37. The Labute approximate surface area is 175 Å². The summed E-state index contributed by atoms with van der Waals surface area (Å²) in [5.74, 6) is 1.53. The molecule has 3 heterocycles. The second-order valence-electron chi connectivity index (χ2n) is 7.17. The summed E-state index contributed by atoms with van der Waals surface area (Å²) in [6.45, 7) is 1.18. The van der Waals surface area contributed by atoms with Crippen molar-refractivity contribution >= 4 is 17.2 Å². The van der Waals surface area contributed by atoms with Gasteiger partial charge >= 0.3 is 6.18 Å². The Balaban J connectivity index is 1.35. The van der Waals surface area contributed by atoms with Gasteiger partial charge in [-0.1, -0.05) is 18.6 Å². The van der Waals surface area contributed by atoms with E-state index >= 15 is 0 Å². The highest BCUT2D eigenvalue weighted by molar-refractivity contribution is 7.13. The number of benzene rings is 1. The van der Waals surface area contributed by atoms with Crippen molar-refractivity contribution in [1.29, 1.82) is 0 Å². The largest absolute Gasteiger partial charge is 0.416 e. The first-order valence-corrected chi connectivity index (χ1v) is 10.6. The zero-order chi connectivity index (χ0) is 21.1. The van der Waals surface area contributed by atoms with Crippen LogP contribution < -0.4 is 5.32 Å². The lowest BCUT2D eigenvalue weighted by Gasteiger charge is -2.08. The highest BCUT2D eigenvalue weighted by Gasteiger charge is 2.30. The van der Waals surface area contributed by atoms with Crippen molar-refractivity contribution in [2.24, 2.45) is 0 Å². The third-order valence-electron chi connectivity index (χ3n) is 4.98. The van der Waals surface area contributed by atoms with Crippen LogP contribution in [0.5, 0.6) is 0 Å². The molecule has 4 rings (SSSR count). The Morgan fingerprint density at radius 1 is 1.13 bits per heavy atom. The van der Waals surface area contributed by atoms with Crippen LogP contribution >= 0.6 is 11.3 Å². The number of aryl methyl sites for hydroxylation is 1. The summed E-state index contributed by atoms with van der Waals surface area (Å²) in [7, 11) is 0. The van der Waals surface area contributed by atoms with Gasteiger partial charge in [-0.3, -0.25) is 4.79 Å². The molecule has 0 atom stereocenters. The van der Waals surface area contributed by atoms with Crippen molar-refractivity contribution in [2.45, 2.75) is 51.4 Å². The van der Waals surface area contributed by atoms with Gasteiger partial charge in [-0.25, -0.2) is 4.98 Å². The Morgan fingerprint density at radius 3 is 2.70 bits per heavy atom. The standard InChI is InChI=1S/C20H20F3N5OS/c21-20(22,23)14-7-5-13(6-8-14)19-25-15(12-30-19)10-18(29)24-11-17-27-26-16-4-2-1-3-9-28(16)17/h5-8,12H,1-4,9-11H2,(H,24,29). The molecule has 1 aliphatic heterocycles. The van der Waals surface area contributed by atoms with Crippen LogP contribution in [-0.2, 0) is 36.9 Å². The van der Waals surface area contributed by atoms with Gasteiger partial charge in [-0.2, -0.15) is 13.2 Å². The van der Waals surface area contributed by atoms with Gasteiger partial charge in [-0.05, 0) is 25.0 Å². The lowest BCUT2D eigenvalue weighted by molar-refractivity contribution is -0.137. The average Bonchev–Trinajstić information content (AvgIpc) is 3.26. The second kappa shape index (κ2) is 8.55. The van der Waals surface area contributed by atoms with Crippen molar-refractivity contribution in [1.82, 2.24) is 25.1 Å². The number of amides is 1. The minimum Gasteiger partial charge on any atom is -0.348 e. The number of fused-ring (bicyclic) bond motifs is 1. The van der Waals surface area contributed by atoms with E-state index in [0.717, 1.165) is 49.6 Å². The third kappa shape index (κ3) is 4.69. The molecule has 1 amide bonds. The molecular weight excluding hydrogens is 415 g/mol. The van der Waals surface area contributed by atoms with E-state index in [4.69, 9.17) is 0 Å². The maximum atomic E-state index is 12.7. The number of hydrogen-bond donors (Lipinski definition) is 1. The number of nitrogens with one attached hydrogen (secondary N) is 1. The van der Waals surface area contributed by atoms with E-state index in [1.54, 1.807) is 5.38 Å². The predicted molar refractivity (Wildman–Crippen MR) is 106 cm³/mol. The van der Waals surface area contributed by atoms with Crippen LogP contribution in [0.25, 0.3) is 10.6 Å². The molecule has 0 unspecified atom stereocenters. The van der Waals surface area contributed by atoms with Crippen molar-refractivity contribution in [2.75, 3.05) is 0 Å². The van der Waals surface area contributed by atoms with Gasteiger partial charge < -0.3 is 9.88 Å². The van der Waals surface area contributed by atoms with E-state index in [0.29, 0.717) is 22.8 Å². The highest BCUT2D eigenvalue weighted by atomic mass is 32.1. The molecule has 158 valence electrons. The molecule has 0 aliphatic carbocycles. The van der Waals surface area contributed by atoms with E-state index < -0.39 is 11.7 Å². The van der Waals surface area contributed by atoms with Crippen LogP contribution in [-0.4, -0.2) is 25.7 Å². The maximum absolute atomic E-state index is 12.7. The number of aromatic nitrogens is 4. The topological polar surface area (TPSA) is 72.7 Å². The van der Waals surface area contributed by atoms with Gasteiger partial charge in [0.1, 0.15) is 10.8 Å². The fourth-order valence-corrected chi connectivity index (χ4v) is 4.23. The molecule has 0 radical (unpaired) electrons. The highest BCUT2D eigenvalue weighted by Crippen LogP contribution is 2.31. The molecule has 0 saturated heterocycles. The van der Waals surface area contributed by atoms with Crippen LogP contribution in [0.1, 0.15) is 42.2 Å². The fourth-order valence-electron chi connectivity index (χ4n) is 3.40. The number of nitrogens with zero attached hydrogens (tertiary/aromatic N) is 4. The molecule has 2 aromatic heterocycles. The van der Waals surface area contributed by atoms with Crippen LogP contribution in [0.2, 0.25) is 0 Å². The molecule has 1 aromatic carbocycles. The summed E-state index contributed by atoms with van der Waals surface area (Å²) in [6.07, 6.45) is -0.00853. The summed E-state index contributed by atoms with van der Waals surface area (Å²) in [5.41, 5.74) is 0.465. The summed E-state index contributed by atoms with van der Waals surface area (Å²) < 4.78 is 40.2. The average molecular weight is 435 g/mol. The number of carbonyl (C=O) groups excluding carboxylic acids is 1. The van der Waals surface area contributed by atoms with E-state index in [1.165, 1.54) is 29.9 Å². The molecular formula is C20H20F3N5OS. The van der Waals surface area contributed by atoms with Gasteiger partial charge in [0, 0.05) is 23.9 Å². The van der Waals surface area contributed by atoms with Gasteiger partial charge in [0.15, 0.2) is 5.82 Å². The second-order valence-corrected chi connectivity index (χ2v) is 8.03. The van der Waals surface area contributed by atoms with Gasteiger partial charge in [0.2, 0.25) is 5.91 Å². The first-order valence-electron chi connectivity index (χ1n) is 9.70. The molecule has 0 saturated carbocycles. The lowest BCUT2D eigenvalue weighted by Crippen LogP contribution is -2.26. The Bertz CT molecular complexity index is 1030. The number of alkyl halides is 3. The molecule has 30 heavy (non-hydrogen) atoms. The number of halogens is 3. The molecule has 0 spiro atoms. The van der Waals surface area contributed by atoms with Gasteiger partial charge in [0.25, 0.3) is 0 Å². The summed E-state index contributed by atoms with van der Waals surface area (Å²) >= 11 is 1.30. The zero-order valence-electron chi connectivity index (χ0n) is 16.1. The Kier molecular flexibility index (Phi) is 5.85. The van der Waals surface area contributed by atoms with Crippen molar-refractivity contribution in [3.05, 3.63) is 52.6 Å². The van der Waals surface area contributed by atoms with E-state index in [-0.39, 0.29) is 12.3 Å². The number of hydrogen-bond acceptors (Lipinski definition) is 5. The molecule has 0 fully saturated rings. The van der Waals surface area contributed by atoms with Crippen molar-refractivity contribution in [3.63, 3.8) is 0 Å². The van der Waals surface area contributed by atoms with Crippen LogP contribution in [0.3, 0.4) is 0 Å². The quantitative estimate of drug-likeness (QED) is 0.657. The van der Waals surface area contributed by atoms with Crippen LogP contribution in [0.15, 0.2) is 29.6 Å². The molecule has 1 N–H and O–H groups in total. The van der Waals surface area contributed by atoms with Crippen LogP contribution in [0.4, 0.5) is 13.2 Å². The number of carbonyl (C=O) groups is 1. The Hall–Kier alpha value is -2.75. The van der Waals surface area contributed by atoms with Crippen molar-refractivity contribution in [3.8, 4) is 10.6 Å². The van der Waals surface area contributed by atoms with Gasteiger partial charge in [-0.15, -0.1) is 21.5 Å². The minimum absolute atomic E-state index is 0.0954. The lowest BCUT2D eigenvalue weighted by atomic mass is 10.1. The first kappa shape index (κ1) is 20.5. The monoisotopic (exact) mass is 435 g/mol. The first-order chi connectivity index (χ1) is 14.4. The SMILES string of the molecule is O=C(Cc1csc(-c2ccc(C(F)(F)F)cc2)n1)NCc1nnc2n1CCCCC2. The Morgan fingerprint density at radius 2 is 1.93 bits per heavy atom. The smallest absolute Gasteiger partial charge is 0.348 e. The molecule has 6 nitrogen and oxygen atoms in total. The zero-order valence-corrected chi connectivity index (χ0v) is 16.9. The van der Waals surface area contributed by atoms with E-state index in [2.05, 4.69) is 25.1 Å². The number of rotatable bonds is 5. The molecule has 1 aliphatic rings. The number of thiazole rings is 1. The summed E-state index contributed by atoms with van der Waals surface area (Å²) in [4.78, 5) is 16.7. The van der Waals surface area contributed by atoms with E-state index in [1.807, 2.05) is 0 Å².